The van der Waals surface area contributed by atoms with Crippen LogP contribution in [0, 0.1) is 11.3 Å². The lowest BCUT2D eigenvalue weighted by atomic mass is 10.1. The van der Waals surface area contributed by atoms with E-state index in [4.69, 9.17) is 15.2 Å². The third kappa shape index (κ3) is 4.13. The Hall–Kier alpha value is -3.01. The monoisotopic (exact) mass is 404 g/mol. The Morgan fingerprint density at radius 1 is 1.13 bits per heavy atom. The lowest BCUT2D eigenvalue weighted by Gasteiger charge is -2.26. The van der Waals surface area contributed by atoms with Crippen molar-refractivity contribution in [3.05, 3.63) is 48.0 Å². The van der Waals surface area contributed by atoms with Crippen LogP contribution in [-0.4, -0.2) is 48.9 Å². The van der Waals surface area contributed by atoms with Crippen LogP contribution in [0.3, 0.4) is 0 Å². The van der Waals surface area contributed by atoms with Crippen LogP contribution < -0.4 is 10.5 Å². The molecular weight excluding hydrogens is 376 g/mol. The van der Waals surface area contributed by atoms with Crippen LogP contribution in [-0.2, 0) is 11.3 Å². The van der Waals surface area contributed by atoms with Gasteiger partial charge in [-0.05, 0) is 43.2 Å². The molecule has 2 aromatic carbocycles. The highest BCUT2D eigenvalue weighted by atomic mass is 16.5. The largest absolute Gasteiger partial charge is 0.493 e. The van der Waals surface area contributed by atoms with E-state index < -0.39 is 0 Å². The van der Waals surface area contributed by atoms with Gasteiger partial charge in [0.05, 0.1) is 36.6 Å². The molecule has 0 unspecified atom stereocenters. The molecular formula is C24H28N4O2. The molecule has 6 nitrogen and oxygen atoms in total. The summed E-state index contributed by atoms with van der Waals surface area (Å²) < 4.78 is 13.6. The summed E-state index contributed by atoms with van der Waals surface area (Å²) >= 11 is 0. The van der Waals surface area contributed by atoms with Crippen molar-refractivity contribution in [1.82, 2.24) is 9.47 Å². The molecule has 4 rings (SSSR count). The predicted octanol–water partition coefficient (Wildman–Crippen LogP) is 3.88. The molecule has 0 radical (unpaired) electrons. The minimum absolute atomic E-state index is 0.672. The number of fused-ring (bicyclic) bond motifs is 1. The summed E-state index contributed by atoms with van der Waals surface area (Å²) in [7, 11) is 0. The molecule has 0 spiro atoms. The molecule has 0 atom stereocenters. The van der Waals surface area contributed by atoms with Gasteiger partial charge < -0.3 is 19.8 Å². The Morgan fingerprint density at radius 3 is 2.60 bits per heavy atom. The number of hydrogen-bond donors (Lipinski definition) is 1. The highest BCUT2D eigenvalue weighted by molar-refractivity contribution is 5.95. The number of morpholine rings is 1. The van der Waals surface area contributed by atoms with E-state index in [0.29, 0.717) is 17.9 Å². The third-order valence-electron chi connectivity index (χ3n) is 5.64. The number of ether oxygens (including phenoxy) is 2. The first-order valence-electron chi connectivity index (χ1n) is 10.6. The van der Waals surface area contributed by atoms with Crippen molar-refractivity contribution in [1.29, 1.82) is 5.26 Å². The molecule has 6 heteroatoms. The maximum absolute atomic E-state index is 9.87. The quantitative estimate of drug-likeness (QED) is 0.478. The predicted molar refractivity (Wildman–Crippen MR) is 120 cm³/mol. The SMILES string of the molecule is CCn1c(-c2ccc(N)cc2)c(C#N)c2ccc(OCCCN3CCOCC3)cc21. The topological polar surface area (TPSA) is 76.4 Å². The zero-order valence-electron chi connectivity index (χ0n) is 17.4. The van der Waals surface area contributed by atoms with E-state index in [1.807, 2.05) is 36.4 Å². The fourth-order valence-corrected chi connectivity index (χ4v) is 4.10. The Labute approximate surface area is 177 Å². The van der Waals surface area contributed by atoms with Crippen molar-refractivity contribution in [2.75, 3.05) is 45.2 Å². The summed E-state index contributed by atoms with van der Waals surface area (Å²) in [6.07, 6.45) is 0.979. The molecule has 3 aromatic rings. The zero-order valence-corrected chi connectivity index (χ0v) is 17.4. The van der Waals surface area contributed by atoms with Crippen LogP contribution in [0.1, 0.15) is 18.9 Å². The van der Waals surface area contributed by atoms with Gasteiger partial charge in [-0.2, -0.15) is 5.26 Å². The Balaban J connectivity index is 1.56. The summed E-state index contributed by atoms with van der Waals surface area (Å²) in [4.78, 5) is 2.41. The molecule has 0 aliphatic carbocycles. The number of nitrogen functional groups attached to an aromatic ring is 1. The number of benzene rings is 2. The number of rotatable bonds is 7. The summed E-state index contributed by atoms with van der Waals surface area (Å²) in [5, 5.41) is 10.8. The summed E-state index contributed by atoms with van der Waals surface area (Å²) in [6, 6.07) is 16.1. The highest BCUT2D eigenvalue weighted by Gasteiger charge is 2.18. The van der Waals surface area contributed by atoms with Crippen molar-refractivity contribution in [3.63, 3.8) is 0 Å². The van der Waals surface area contributed by atoms with Gasteiger partial charge in [0.1, 0.15) is 11.8 Å². The normalized spacial score (nSPS) is 14.7. The Kier molecular flexibility index (Phi) is 6.22. The molecule has 1 aliphatic heterocycles. The first kappa shape index (κ1) is 20.3. The molecule has 2 N–H and O–H groups in total. The maximum Gasteiger partial charge on any atom is 0.121 e. The standard InChI is InChI=1S/C24H28N4O2/c1-2-28-23-16-20(30-13-3-10-27-11-14-29-15-12-27)8-9-21(23)22(17-25)24(28)18-4-6-19(26)7-5-18/h4-9,16H,2-3,10-15,26H2,1H3. The van der Waals surface area contributed by atoms with E-state index in [9.17, 15) is 5.26 Å². The van der Waals surface area contributed by atoms with Crippen molar-refractivity contribution < 1.29 is 9.47 Å². The average Bonchev–Trinajstić information content (AvgIpc) is 3.10. The minimum Gasteiger partial charge on any atom is -0.493 e. The number of anilines is 1. The second-order valence-corrected chi connectivity index (χ2v) is 7.54. The molecule has 0 saturated carbocycles. The lowest BCUT2D eigenvalue weighted by Crippen LogP contribution is -2.37. The van der Waals surface area contributed by atoms with Crippen molar-refractivity contribution in [2.24, 2.45) is 0 Å². The average molecular weight is 405 g/mol. The number of aryl methyl sites for hydroxylation is 1. The Bertz CT molecular complexity index is 1040. The number of nitriles is 1. The van der Waals surface area contributed by atoms with E-state index in [1.54, 1.807) is 0 Å². The van der Waals surface area contributed by atoms with Crippen molar-refractivity contribution in [3.8, 4) is 23.1 Å². The molecule has 2 heterocycles. The van der Waals surface area contributed by atoms with Crippen LogP contribution >= 0.6 is 0 Å². The van der Waals surface area contributed by atoms with Gasteiger partial charge in [0, 0.05) is 43.3 Å². The molecule has 1 aliphatic rings. The second-order valence-electron chi connectivity index (χ2n) is 7.54. The van der Waals surface area contributed by atoms with Gasteiger partial charge in [0.2, 0.25) is 0 Å². The molecule has 30 heavy (non-hydrogen) atoms. The van der Waals surface area contributed by atoms with E-state index in [2.05, 4.69) is 28.5 Å². The number of aromatic nitrogens is 1. The first-order chi connectivity index (χ1) is 14.7. The van der Waals surface area contributed by atoms with E-state index in [0.717, 1.165) is 73.7 Å². The number of nitrogens with two attached hydrogens (primary N) is 1. The van der Waals surface area contributed by atoms with E-state index >= 15 is 0 Å². The zero-order chi connectivity index (χ0) is 20.9. The molecule has 0 bridgehead atoms. The highest BCUT2D eigenvalue weighted by Crippen LogP contribution is 2.35. The van der Waals surface area contributed by atoms with E-state index in [1.165, 1.54) is 0 Å². The maximum atomic E-state index is 9.87. The van der Waals surface area contributed by atoms with Gasteiger partial charge in [-0.15, -0.1) is 0 Å². The van der Waals surface area contributed by atoms with Crippen molar-refractivity contribution >= 4 is 16.6 Å². The summed E-state index contributed by atoms with van der Waals surface area (Å²) in [5.74, 6) is 0.838. The van der Waals surface area contributed by atoms with Crippen LogP contribution in [0.2, 0.25) is 0 Å². The van der Waals surface area contributed by atoms with Gasteiger partial charge in [-0.3, -0.25) is 4.90 Å². The lowest BCUT2D eigenvalue weighted by molar-refractivity contribution is 0.0358. The first-order valence-corrected chi connectivity index (χ1v) is 10.6. The molecule has 0 amide bonds. The number of nitrogens with zero attached hydrogens (tertiary/aromatic N) is 3. The van der Waals surface area contributed by atoms with Crippen LogP contribution in [0.15, 0.2) is 42.5 Å². The van der Waals surface area contributed by atoms with Gasteiger partial charge in [-0.1, -0.05) is 12.1 Å². The van der Waals surface area contributed by atoms with Crippen LogP contribution in [0.4, 0.5) is 5.69 Å². The Morgan fingerprint density at radius 2 is 1.90 bits per heavy atom. The molecule has 1 saturated heterocycles. The fourth-order valence-electron chi connectivity index (χ4n) is 4.10. The van der Waals surface area contributed by atoms with Gasteiger partial charge in [-0.25, -0.2) is 0 Å². The fraction of sp³-hybridized carbons (Fsp3) is 0.375. The number of hydrogen-bond acceptors (Lipinski definition) is 5. The molecule has 1 aromatic heterocycles. The van der Waals surface area contributed by atoms with Crippen LogP contribution in [0.25, 0.3) is 22.2 Å². The smallest absolute Gasteiger partial charge is 0.121 e. The van der Waals surface area contributed by atoms with Gasteiger partial charge in [0.25, 0.3) is 0 Å². The summed E-state index contributed by atoms with van der Waals surface area (Å²) in [6.45, 7) is 8.20. The van der Waals surface area contributed by atoms with Crippen molar-refractivity contribution in [2.45, 2.75) is 19.9 Å². The minimum atomic E-state index is 0.672. The van der Waals surface area contributed by atoms with Gasteiger partial charge >= 0.3 is 0 Å². The summed E-state index contributed by atoms with van der Waals surface area (Å²) in [5.41, 5.74) is 10.2. The third-order valence-corrected chi connectivity index (χ3v) is 5.64. The molecule has 156 valence electrons. The van der Waals surface area contributed by atoms with Crippen LogP contribution in [0.5, 0.6) is 5.75 Å². The van der Waals surface area contributed by atoms with E-state index in [-0.39, 0.29) is 0 Å². The molecule has 1 fully saturated rings. The van der Waals surface area contributed by atoms with Gasteiger partial charge in [0.15, 0.2) is 0 Å². The second kappa shape index (κ2) is 9.21.